The molecule has 0 saturated heterocycles. The van der Waals surface area contributed by atoms with Gasteiger partial charge in [0, 0.05) is 10.2 Å². The molecule has 0 spiro atoms. The third-order valence-corrected chi connectivity index (χ3v) is 3.91. The molecule has 0 aliphatic carbocycles. The van der Waals surface area contributed by atoms with Gasteiger partial charge in [0.1, 0.15) is 0 Å². The molecule has 0 aromatic heterocycles. The van der Waals surface area contributed by atoms with E-state index >= 15 is 0 Å². The highest BCUT2D eigenvalue weighted by molar-refractivity contribution is 9.10. The summed E-state index contributed by atoms with van der Waals surface area (Å²) in [7, 11) is 1.70. The number of nitrogens with one attached hydrogen (secondary N) is 2. The first-order valence-electron chi connectivity index (χ1n) is 7.22. The van der Waals surface area contributed by atoms with Gasteiger partial charge >= 0.3 is 0 Å². The summed E-state index contributed by atoms with van der Waals surface area (Å²) in [6.07, 6.45) is 0. The predicted molar refractivity (Wildman–Crippen MR) is 100 cm³/mol. The summed E-state index contributed by atoms with van der Waals surface area (Å²) in [4.78, 5) is 25.6. The number of rotatable bonds is 6. The fourth-order valence-electron chi connectivity index (χ4n) is 2.07. The summed E-state index contributed by atoms with van der Waals surface area (Å²) < 4.78 is 0.882. The Kier molecular flexibility index (Phi) is 6.78. The average molecular weight is 411 g/mol. The van der Waals surface area contributed by atoms with Gasteiger partial charge in [0.05, 0.1) is 23.8 Å². The Labute approximate surface area is 154 Å². The lowest BCUT2D eigenvalue weighted by Gasteiger charge is -2.16. The number of hydrogen-bond donors (Lipinski definition) is 2. The molecule has 24 heavy (non-hydrogen) atoms. The number of para-hydroxylation sites is 1. The highest BCUT2D eigenvalue weighted by Crippen LogP contribution is 2.20. The molecule has 5 nitrogen and oxygen atoms in total. The van der Waals surface area contributed by atoms with Crippen LogP contribution in [-0.2, 0) is 9.59 Å². The Morgan fingerprint density at radius 3 is 2.38 bits per heavy atom. The third kappa shape index (κ3) is 5.96. The van der Waals surface area contributed by atoms with E-state index in [-0.39, 0.29) is 24.9 Å². The van der Waals surface area contributed by atoms with Gasteiger partial charge in [-0.05, 0) is 37.4 Å². The number of carbonyl (C=O) groups is 2. The van der Waals surface area contributed by atoms with Crippen molar-refractivity contribution in [3.63, 3.8) is 0 Å². The molecule has 0 fully saturated rings. The van der Waals surface area contributed by atoms with Gasteiger partial charge in [-0.15, -0.1) is 0 Å². The molecule has 7 heteroatoms. The normalized spacial score (nSPS) is 10.5. The van der Waals surface area contributed by atoms with E-state index in [1.807, 2.05) is 18.2 Å². The molecule has 0 saturated carbocycles. The van der Waals surface area contributed by atoms with Crippen LogP contribution in [0.25, 0.3) is 0 Å². The van der Waals surface area contributed by atoms with Crippen molar-refractivity contribution in [3.05, 3.63) is 58.0 Å². The minimum absolute atomic E-state index is 0.0805. The Bertz CT molecular complexity index is 739. The van der Waals surface area contributed by atoms with Crippen LogP contribution in [0.4, 0.5) is 11.4 Å². The van der Waals surface area contributed by atoms with E-state index in [9.17, 15) is 9.59 Å². The van der Waals surface area contributed by atoms with Crippen LogP contribution in [0, 0.1) is 0 Å². The largest absolute Gasteiger partial charge is 0.325 e. The molecule has 0 heterocycles. The second kappa shape index (κ2) is 8.82. The first-order valence-corrected chi connectivity index (χ1v) is 8.39. The summed E-state index contributed by atoms with van der Waals surface area (Å²) in [6, 6.07) is 14.3. The summed E-state index contributed by atoms with van der Waals surface area (Å²) in [5.74, 6) is -0.429. The van der Waals surface area contributed by atoms with Crippen molar-refractivity contribution in [2.24, 2.45) is 0 Å². The average Bonchev–Trinajstić information content (AvgIpc) is 2.49. The molecule has 2 aromatic carbocycles. The quantitative estimate of drug-likeness (QED) is 0.765. The summed E-state index contributed by atoms with van der Waals surface area (Å²) in [6.45, 7) is 0.180. The molecular formula is C17H17BrClN3O2. The zero-order chi connectivity index (χ0) is 17.5. The maximum Gasteiger partial charge on any atom is 0.238 e. The third-order valence-electron chi connectivity index (χ3n) is 3.08. The smallest absolute Gasteiger partial charge is 0.238 e. The van der Waals surface area contributed by atoms with Gasteiger partial charge in [-0.1, -0.05) is 45.7 Å². The lowest BCUT2D eigenvalue weighted by atomic mass is 10.3. The first-order chi connectivity index (χ1) is 11.4. The minimum atomic E-state index is -0.235. The predicted octanol–water partition coefficient (Wildman–Crippen LogP) is 3.61. The number of benzene rings is 2. The van der Waals surface area contributed by atoms with Crippen molar-refractivity contribution in [2.75, 3.05) is 30.8 Å². The van der Waals surface area contributed by atoms with Gasteiger partial charge in [0.25, 0.3) is 0 Å². The molecule has 0 aliphatic rings. The summed E-state index contributed by atoms with van der Waals surface area (Å²) in [5.41, 5.74) is 1.25. The van der Waals surface area contributed by atoms with Crippen molar-refractivity contribution in [2.45, 2.75) is 0 Å². The number of anilines is 2. The van der Waals surface area contributed by atoms with Gasteiger partial charge < -0.3 is 10.6 Å². The highest BCUT2D eigenvalue weighted by Gasteiger charge is 2.12. The number of nitrogens with zero attached hydrogens (tertiary/aromatic N) is 1. The van der Waals surface area contributed by atoms with E-state index in [1.165, 1.54) is 0 Å². The van der Waals surface area contributed by atoms with Crippen molar-refractivity contribution >= 4 is 50.7 Å². The van der Waals surface area contributed by atoms with Crippen LogP contribution in [0.15, 0.2) is 53.0 Å². The van der Waals surface area contributed by atoms with Crippen LogP contribution >= 0.6 is 27.5 Å². The summed E-state index contributed by atoms with van der Waals surface area (Å²) >= 11 is 9.34. The van der Waals surface area contributed by atoms with Gasteiger partial charge in [-0.2, -0.15) is 0 Å². The van der Waals surface area contributed by atoms with Gasteiger partial charge in [0.2, 0.25) is 11.8 Å². The molecule has 2 aromatic rings. The van der Waals surface area contributed by atoms with Gasteiger partial charge in [-0.3, -0.25) is 14.5 Å². The molecule has 2 rings (SSSR count). The zero-order valence-electron chi connectivity index (χ0n) is 13.1. The van der Waals surface area contributed by atoms with E-state index < -0.39 is 0 Å². The van der Waals surface area contributed by atoms with E-state index in [2.05, 4.69) is 26.6 Å². The van der Waals surface area contributed by atoms with Gasteiger partial charge in [-0.25, -0.2) is 0 Å². The number of likely N-dealkylation sites (N-methyl/N-ethyl adjacent to an activating group) is 1. The SMILES string of the molecule is CN(CC(=O)Nc1cccc(Br)c1)CC(=O)Nc1ccccc1Cl. The molecule has 2 amide bonds. The number of carbonyl (C=O) groups excluding carboxylic acids is 2. The standard InChI is InChI=1S/C17H17BrClN3O2/c1-22(10-16(23)20-13-6-4-5-12(18)9-13)11-17(24)21-15-8-3-2-7-14(15)19/h2-9H,10-11H2,1H3,(H,20,23)(H,21,24). The Hall–Kier alpha value is -1.89. The maximum atomic E-state index is 12.0. The molecule has 0 bridgehead atoms. The van der Waals surface area contributed by atoms with Crippen LogP contribution in [0.3, 0.4) is 0 Å². The molecule has 0 unspecified atom stereocenters. The fourth-order valence-corrected chi connectivity index (χ4v) is 2.65. The molecule has 2 N–H and O–H groups in total. The van der Waals surface area contributed by atoms with Crippen LogP contribution < -0.4 is 10.6 Å². The van der Waals surface area contributed by atoms with E-state index in [0.717, 1.165) is 4.47 Å². The fraction of sp³-hybridized carbons (Fsp3) is 0.176. The van der Waals surface area contributed by atoms with Crippen LogP contribution in [-0.4, -0.2) is 36.9 Å². The van der Waals surface area contributed by atoms with Crippen LogP contribution in [0.5, 0.6) is 0 Å². The molecule has 0 aliphatic heterocycles. The summed E-state index contributed by atoms with van der Waals surface area (Å²) in [5, 5.41) is 5.98. The zero-order valence-corrected chi connectivity index (χ0v) is 15.4. The van der Waals surface area contributed by atoms with Crippen LogP contribution in [0.2, 0.25) is 5.02 Å². The lowest BCUT2D eigenvalue weighted by Crippen LogP contribution is -2.36. The Morgan fingerprint density at radius 2 is 1.71 bits per heavy atom. The van der Waals surface area contributed by atoms with Crippen LogP contribution in [0.1, 0.15) is 0 Å². The number of amides is 2. The van der Waals surface area contributed by atoms with E-state index in [0.29, 0.717) is 16.4 Å². The van der Waals surface area contributed by atoms with Crippen molar-refractivity contribution in [1.29, 1.82) is 0 Å². The first kappa shape index (κ1) is 18.4. The number of hydrogen-bond acceptors (Lipinski definition) is 3. The molecule has 126 valence electrons. The monoisotopic (exact) mass is 409 g/mol. The Morgan fingerprint density at radius 1 is 1.04 bits per heavy atom. The number of halogens is 2. The topological polar surface area (TPSA) is 61.4 Å². The second-order valence-electron chi connectivity index (χ2n) is 5.26. The molecular weight excluding hydrogens is 394 g/mol. The lowest BCUT2D eigenvalue weighted by molar-refractivity contribution is -0.119. The van der Waals surface area contributed by atoms with Crippen molar-refractivity contribution < 1.29 is 9.59 Å². The Balaban J connectivity index is 1.81. The van der Waals surface area contributed by atoms with Crippen molar-refractivity contribution in [1.82, 2.24) is 4.90 Å². The molecule has 0 radical (unpaired) electrons. The second-order valence-corrected chi connectivity index (χ2v) is 6.58. The molecule has 0 atom stereocenters. The highest BCUT2D eigenvalue weighted by atomic mass is 79.9. The van der Waals surface area contributed by atoms with Gasteiger partial charge in [0.15, 0.2) is 0 Å². The van der Waals surface area contributed by atoms with E-state index in [4.69, 9.17) is 11.6 Å². The minimum Gasteiger partial charge on any atom is -0.325 e. The van der Waals surface area contributed by atoms with Crippen molar-refractivity contribution in [3.8, 4) is 0 Å². The maximum absolute atomic E-state index is 12.0. The van der Waals surface area contributed by atoms with E-state index in [1.54, 1.807) is 42.3 Å².